The normalized spacial score (nSPS) is 16.3. The Morgan fingerprint density at radius 1 is 1.38 bits per heavy atom. The number of amides is 1. The number of aromatic nitrogens is 4. The van der Waals surface area contributed by atoms with Gasteiger partial charge in [0.05, 0.1) is 11.8 Å². The minimum Gasteiger partial charge on any atom is -0.325 e. The third-order valence-corrected chi connectivity index (χ3v) is 3.82. The first-order valence-corrected chi connectivity index (χ1v) is 6.80. The van der Waals surface area contributed by atoms with Gasteiger partial charge in [-0.25, -0.2) is 4.68 Å². The van der Waals surface area contributed by atoms with Crippen molar-refractivity contribution in [1.29, 1.82) is 5.26 Å². The molecule has 0 spiro atoms. The molecule has 21 heavy (non-hydrogen) atoms. The summed E-state index contributed by atoms with van der Waals surface area (Å²) >= 11 is 0. The highest BCUT2D eigenvalue weighted by atomic mass is 16.2. The van der Waals surface area contributed by atoms with Crippen LogP contribution in [0.1, 0.15) is 25.7 Å². The lowest BCUT2D eigenvalue weighted by Gasteiger charge is -2.19. The van der Waals surface area contributed by atoms with Crippen molar-refractivity contribution in [2.24, 2.45) is 5.41 Å². The second kappa shape index (κ2) is 5.32. The summed E-state index contributed by atoms with van der Waals surface area (Å²) in [5, 5.41) is 23.1. The first-order chi connectivity index (χ1) is 10.2. The van der Waals surface area contributed by atoms with Crippen molar-refractivity contribution in [3.05, 3.63) is 30.6 Å². The first-order valence-electron chi connectivity index (χ1n) is 6.80. The van der Waals surface area contributed by atoms with Crippen molar-refractivity contribution in [1.82, 2.24) is 20.2 Å². The van der Waals surface area contributed by atoms with Gasteiger partial charge >= 0.3 is 0 Å². The number of hydrogen-bond donors (Lipinski definition) is 1. The summed E-state index contributed by atoms with van der Waals surface area (Å²) < 4.78 is 1.51. The van der Waals surface area contributed by atoms with Gasteiger partial charge in [0.15, 0.2) is 0 Å². The Morgan fingerprint density at radius 3 is 2.86 bits per heavy atom. The molecule has 1 aliphatic rings. The van der Waals surface area contributed by atoms with Gasteiger partial charge in [0.2, 0.25) is 5.91 Å². The van der Waals surface area contributed by atoms with Crippen molar-refractivity contribution in [3.63, 3.8) is 0 Å². The van der Waals surface area contributed by atoms with E-state index in [1.165, 1.54) is 11.0 Å². The molecule has 0 unspecified atom stereocenters. The number of hydrogen-bond acceptors (Lipinski definition) is 5. The van der Waals surface area contributed by atoms with Crippen LogP contribution in [0.4, 0.5) is 5.69 Å². The molecule has 3 rings (SSSR count). The van der Waals surface area contributed by atoms with E-state index >= 15 is 0 Å². The van der Waals surface area contributed by atoms with Crippen molar-refractivity contribution in [2.45, 2.75) is 25.7 Å². The van der Waals surface area contributed by atoms with E-state index < -0.39 is 5.41 Å². The van der Waals surface area contributed by atoms with E-state index in [1.807, 2.05) is 6.07 Å². The van der Waals surface area contributed by atoms with Gasteiger partial charge in [0, 0.05) is 5.69 Å². The van der Waals surface area contributed by atoms with Gasteiger partial charge in [0.25, 0.3) is 0 Å². The molecule has 0 saturated heterocycles. The maximum Gasteiger partial charge on any atom is 0.244 e. The van der Waals surface area contributed by atoms with Crippen LogP contribution in [-0.4, -0.2) is 26.1 Å². The van der Waals surface area contributed by atoms with Gasteiger partial charge in [0.1, 0.15) is 11.7 Å². The summed E-state index contributed by atoms with van der Waals surface area (Å²) in [5.41, 5.74) is 0.495. The number of benzene rings is 1. The number of nitriles is 1. The zero-order valence-corrected chi connectivity index (χ0v) is 11.4. The molecule has 2 aromatic rings. The van der Waals surface area contributed by atoms with E-state index in [4.69, 9.17) is 0 Å². The van der Waals surface area contributed by atoms with Gasteiger partial charge in [-0.2, -0.15) is 5.26 Å². The van der Waals surface area contributed by atoms with Crippen LogP contribution < -0.4 is 5.32 Å². The van der Waals surface area contributed by atoms with Gasteiger partial charge in [-0.3, -0.25) is 4.79 Å². The SMILES string of the molecule is N#CC1(C(=O)Nc2cccc(-n3cnnn3)c2)CCCC1. The second-order valence-corrected chi connectivity index (χ2v) is 5.16. The molecule has 1 heterocycles. The van der Waals surface area contributed by atoms with Crippen LogP contribution in [0.2, 0.25) is 0 Å². The molecule has 1 saturated carbocycles. The van der Waals surface area contributed by atoms with E-state index in [9.17, 15) is 10.1 Å². The fourth-order valence-electron chi connectivity index (χ4n) is 2.62. The van der Waals surface area contributed by atoms with Crippen molar-refractivity contribution < 1.29 is 4.79 Å². The van der Waals surface area contributed by atoms with Crippen LogP contribution in [-0.2, 0) is 4.79 Å². The highest BCUT2D eigenvalue weighted by Crippen LogP contribution is 2.38. The van der Waals surface area contributed by atoms with Crippen molar-refractivity contribution in [2.75, 3.05) is 5.32 Å². The topological polar surface area (TPSA) is 96.5 Å². The van der Waals surface area contributed by atoms with E-state index in [0.29, 0.717) is 18.5 Å². The predicted octanol–water partition coefficient (Wildman–Crippen LogP) is 1.68. The minimum absolute atomic E-state index is 0.226. The van der Waals surface area contributed by atoms with Crippen molar-refractivity contribution in [3.8, 4) is 11.8 Å². The maximum atomic E-state index is 12.4. The lowest BCUT2D eigenvalue weighted by Crippen LogP contribution is -2.32. The molecule has 0 atom stereocenters. The molecule has 7 nitrogen and oxygen atoms in total. The Hall–Kier alpha value is -2.75. The number of anilines is 1. The molecule has 0 bridgehead atoms. The first kappa shape index (κ1) is 13.2. The Bertz CT molecular complexity index is 682. The highest BCUT2D eigenvalue weighted by Gasteiger charge is 2.41. The molecular formula is C14H14N6O. The van der Waals surface area contributed by atoms with Crippen LogP contribution in [0.5, 0.6) is 0 Å². The summed E-state index contributed by atoms with van der Waals surface area (Å²) in [6.45, 7) is 0. The summed E-state index contributed by atoms with van der Waals surface area (Å²) in [5.74, 6) is -0.226. The van der Waals surface area contributed by atoms with E-state index in [-0.39, 0.29) is 5.91 Å². The largest absolute Gasteiger partial charge is 0.325 e. The number of nitrogens with one attached hydrogen (secondary N) is 1. The van der Waals surface area contributed by atoms with E-state index in [1.54, 1.807) is 18.2 Å². The van der Waals surface area contributed by atoms with Crippen LogP contribution in [0.15, 0.2) is 30.6 Å². The third-order valence-electron chi connectivity index (χ3n) is 3.82. The van der Waals surface area contributed by atoms with Crippen LogP contribution >= 0.6 is 0 Å². The summed E-state index contributed by atoms with van der Waals surface area (Å²) in [7, 11) is 0. The number of carbonyl (C=O) groups is 1. The summed E-state index contributed by atoms with van der Waals surface area (Å²) in [6.07, 6.45) is 4.58. The third kappa shape index (κ3) is 2.48. The van der Waals surface area contributed by atoms with E-state index in [0.717, 1.165) is 18.5 Å². The highest BCUT2D eigenvalue weighted by molar-refractivity contribution is 5.97. The average Bonchev–Trinajstić information content (AvgIpc) is 3.20. The fraction of sp³-hybridized carbons (Fsp3) is 0.357. The Morgan fingerprint density at radius 2 is 2.19 bits per heavy atom. The van der Waals surface area contributed by atoms with Gasteiger partial charge in [-0.05, 0) is 41.5 Å². The van der Waals surface area contributed by atoms with Crippen molar-refractivity contribution >= 4 is 11.6 Å². The second-order valence-electron chi connectivity index (χ2n) is 5.16. The zero-order valence-electron chi connectivity index (χ0n) is 11.4. The molecule has 1 fully saturated rings. The zero-order chi connectivity index (χ0) is 14.7. The Balaban J connectivity index is 1.81. The average molecular weight is 282 g/mol. The number of carbonyl (C=O) groups excluding carboxylic acids is 1. The number of nitrogens with zero attached hydrogens (tertiary/aromatic N) is 5. The van der Waals surface area contributed by atoms with Crippen LogP contribution in [0.3, 0.4) is 0 Å². The standard InChI is InChI=1S/C14H14N6O/c15-9-14(6-1-2-7-14)13(21)17-11-4-3-5-12(8-11)20-10-16-18-19-20/h3-5,8,10H,1-2,6-7H2,(H,17,21). The summed E-state index contributed by atoms with van der Waals surface area (Å²) in [4.78, 5) is 12.4. The number of tetrazole rings is 1. The quantitative estimate of drug-likeness (QED) is 0.923. The van der Waals surface area contributed by atoms with E-state index in [2.05, 4.69) is 26.9 Å². The molecule has 1 aromatic carbocycles. The van der Waals surface area contributed by atoms with Gasteiger partial charge in [-0.15, -0.1) is 5.10 Å². The molecule has 1 N–H and O–H groups in total. The maximum absolute atomic E-state index is 12.4. The molecule has 7 heteroatoms. The van der Waals surface area contributed by atoms with Gasteiger partial charge in [-0.1, -0.05) is 18.9 Å². The smallest absolute Gasteiger partial charge is 0.244 e. The van der Waals surface area contributed by atoms with Crippen LogP contribution in [0, 0.1) is 16.7 Å². The minimum atomic E-state index is -0.884. The monoisotopic (exact) mass is 282 g/mol. The molecule has 0 radical (unpaired) electrons. The Labute approximate surface area is 121 Å². The van der Waals surface area contributed by atoms with Crippen LogP contribution in [0.25, 0.3) is 5.69 Å². The predicted molar refractivity (Wildman–Crippen MR) is 74.3 cm³/mol. The Kier molecular flexibility index (Phi) is 3.36. The molecule has 1 amide bonds. The molecule has 106 valence electrons. The summed E-state index contributed by atoms with van der Waals surface area (Å²) in [6, 6.07) is 9.39. The lowest BCUT2D eigenvalue weighted by atomic mass is 9.87. The lowest BCUT2D eigenvalue weighted by molar-refractivity contribution is -0.122. The molecule has 1 aliphatic carbocycles. The molecule has 0 aliphatic heterocycles. The number of rotatable bonds is 3. The molecular weight excluding hydrogens is 268 g/mol. The fourth-order valence-corrected chi connectivity index (χ4v) is 2.62. The molecule has 1 aromatic heterocycles. The van der Waals surface area contributed by atoms with Gasteiger partial charge < -0.3 is 5.32 Å².